The highest BCUT2D eigenvalue weighted by Crippen LogP contribution is 2.30. The van der Waals surface area contributed by atoms with E-state index in [9.17, 15) is 22.4 Å². The summed E-state index contributed by atoms with van der Waals surface area (Å²) in [5, 5.41) is 0. The lowest BCUT2D eigenvalue weighted by atomic mass is 9.98. The zero-order valence-corrected chi connectivity index (χ0v) is 12.5. The van der Waals surface area contributed by atoms with Crippen LogP contribution in [0.2, 0.25) is 0 Å². The van der Waals surface area contributed by atoms with E-state index in [-0.39, 0.29) is 27.9 Å². The van der Waals surface area contributed by atoms with Gasteiger partial charge in [-0.25, -0.2) is 17.6 Å². The van der Waals surface area contributed by atoms with Crippen LogP contribution in [0.3, 0.4) is 0 Å². The fraction of sp³-hybridized carbons (Fsp3) is 0.0556. The highest BCUT2D eigenvalue weighted by atomic mass is 19.2. The van der Waals surface area contributed by atoms with E-state index in [4.69, 9.17) is 0 Å². The number of rotatable bonds is 2. The highest BCUT2D eigenvalue weighted by Gasteiger charge is 2.18. The molecule has 0 unspecified atom stereocenters. The Morgan fingerprint density at radius 2 is 1.25 bits per heavy atom. The summed E-state index contributed by atoms with van der Waals surface area (Å²) in [6.07, 6.45) is 0. The molecule has 6 heteroatoms. The first-order chi connectivity index (χ1) is 11.4. The van der Waals surface area contributed by atoms with Gasteiger partial charge in [0.15, 0.2) is 23.3 Å². The molecule has 1 N–H and O–H groups in total. The molecule has 0 aliphatic rings. The van der Waals surface area contributed by atoms with Crippen molar-refractivity contribution >= 4 is 0 Å². The van der Waals surface area contributed by atoms with Crippen molar-refractivity contribution in [3.8, 4) is 22.3 Å². The van der Waals surface area contributed by atoms with Crippen molar-refractivity contribution in [2.75, 3.05) is 0 Å². The Balaban J connectivity index is 2.30. The Kier molecular flexibility index (Phi) is 3.97. The van der Waals surface area contributed by atoms with Gasteiger partial charge in [0.1, 0.15) is 0 Å². The molecule has 3 aromatic rings. The largest absolute Gasteiger partial charge is 0.325 e. The molecule has 0 radical (unpaired) electrons. The number of nitrogens with one attached hydrogen (secondary N) is 1. The number of hydrogen-bond acceptors (Lipinski definition) is 1. The molecule has 2 aromatic carbocycles. The van der Waals surface area contributed by atoms with Crippen LogP contribution in [0.1, 0.15) is 5.69 Å². The molecule has 0 saturated heterocycles. The zero-order valence-electron chi connectivity index (χ0n) is 12.5. The second-order valence-electron chi connectivity index (χ2n) is 5.25. The lowest BCUT2D eigenvalue weighted by molar-refractivity contribution is 0.510. The standard InChI is InChI=1S/C18H11F4NO/c1-9-12(10-4-2-6-14(19)16(10)21)8-13(18(24)23-9)11-5-3-7-15(20)17(11)22/h2-8H,1H3,(H,23,24). The molecular formula is C18H11F4NO. The van der Waals surface area contributed by atoms with E-state index in [2.05, 4.69) is 4.98 Å². The van der Waals surface area contributed by atoms with Crippen molar-refractivity contribution in [1.29, 1.82) is 0 Å². The van der Waals surface area contributed by atoms with Gasteiger partial charge in [-0.2, -0.15) is 0 Å². The maximum absolute atomic E-state index is 14.0. The molecule has 3 rings (SSSR count). The molecule has 0 amide bonds. The van der Waals surface area contributed by atoms with E-state index >= 15 is 0 Å². The number of H-pyrrole nitrogens is 1. The Labute approximate surface area is 134 Å². The van der Waals surface area contributed by atoms with Crippen molar-refractivity contribution < 1.29 is 17.6 Å². The van der Waals surface area contributed by atoms with Gasteiger partial charge < -0.3 is 4.98 Å². The third kappa shape index (κ3) is 2.60. The first-order valence-electron chi connectivity index (χ1n) is 7.03. The third-order valence-corrected chi connectivity index (χ3v) is 3.72. The lowest BCUT2D eigenvalue weighted by Crippen LogP contribution is -2.12. The zero-order chi connectivity index (χ0) is 17.4. The summed E-state index contributed by atoms with van der Waals surface area (Å²) in [6, 6.07) is 8.27. The Hall–Kier alpha value is -2.89. The van der Waals surface area contributed by atoms with E-state index in [1.807, 2.05) is 0 Å². The SMILES string of the molecule is Cc1[nH]c(=O)c(-c2cccc(F)c2F)cc1-c1cccc(F)c1F. The molecule has 1 aromatic heterocycles. The van der Waals surface area contributed by atoms with Crippen LogP contribution >= 0.6 is 0 Å². The quantitative estimate of drug-likeness (QED) is 0.685. The minimum absolute atomic E-state index is 0.0817. The first-order valence-corrected chi connectivity index (χ1v) is 7.03. The van der Waals surface area contributed by atoms with E-state index in [0.717, 1.165) is 12.1 Å². The van der Waals surface area contributed by atoms with Crippen molar-refractivity contribution in [2.45, 2.75) is 6.92 Å². The maximum Gasteiger partial charge on any atom is 0.256 e. The van der Waals surface area contributed by atoms with Gasteiger partial charge in [-0.05, 0) is 25.1 Å². The van der Waals surface area contributed by atoms with Crippen LogP contribution in [0.15, 0.2) is 47.3 Å². The van der Waals surface area contributed by atoms with Crippen LogP contribution < -0.4 is 5.56 Å². The number of hydrogen-bond donors (Lipinski definition) is 1. The molecule has 0 spiro atoms. The number of aromatic amines is 1. The topological polar surface area (TPSA) is 32.9 Å². The summed E-state index contributed by atoms with van der Waals surface area (Å²) in [4.78, 5) is 14.6. The molecule has 0 fully saturated rings. The van der Waals surface area contributed by atoms with Gasteiger partial charge in [-0.15, -0.1) is 0 Å². The van der Waals surface area contributed by atoms with Crippen LogP contribution in [0, 0.1) is 30.2 Å². The van der Waals surface area contributed by atoms with E-state index in [1.54, 1.807) is 0 Å². The van der Waals surface area contributed by atoms with Crippen molar-refractivity contribution in [2.24, 2.45) is 0 Å². The second kappa shape index (κ2) is 5.96. The van der Waals surface area contributed by atoms with Crippen molar-refractivity contribution in [1.82, 2.24) is 4.98 Å². The van der Waals surface area contributed by atoms with E-state index in [0.29, 0.717) is 0 Å². The van der Waals surface area contributed by atoms with Crippen LogP contribution in [-0.2, 0) is 0 Å². The smallest absolute Gasteiger partial charge is 0.256 e. The van der Waals surface area contributed by atoms with E-state index in [1.165, 1.54) is 37.3 Å². The fourth-order valence-corrected chi connectivity index (χ4v) is 2.53. The fourth-order valence-electron chi connectivity index (χ4n) is 2.53. The average Bonchev–Trinajstić information content (AvgIpc) is 2.54. The van der Waals surface area contributed by atoms with Crippen LogP contribution in [0.4, 0.5) is 17.6 Å². The predicted molar refractivity (Wildman–Crippen MR) is 82.5 cm³/mol. The van der Waals surface area contributed by atoms with Crippen LogP contribution in [-0.4, -0.2) is 4.98 Å². The minimum Gasteiger partial charge on any atom is -0.325 e. The Morgan fingerprint density at radius 1 is 0.750 bits per heavy atom. The van der Waals surface area contributed by atoms with Gasteiger partial charge in [-0.1, -0.05) is 24.3 Å². The Bertz CT molecular complexity index is 995. The first kappa shape index (κ1) is 16.0. The maximum atomic E-state index is 14.0. The summed E-state index contributed by atoms with van der Waals surface area (Å²) in [6.45, 7) is 1.51. The monoisotopic (exact) mass is 333 g/mol. The summed E-state index contributed by atoms with van der Waals surface area (Å²) < 4.78 is 54.9. The number of pyridine rings is 1. The number of aromatic nitrogens is 1. The van der Waals surface area contributed by atoms with Crippen molar-refractivity contribution in [3.05, 3.63) is 81.8 Å². The second-order valence-corrected chi connectivity index (χ2v) is 5.25. The number of benzene rings is 2. The molecule has 0 aliphatic heterocycles. The normalized spacial score (nSPS) is 10.9. The van der Waals surface area contributed by atoms with Gasteiger partial charge in [0.2, 0.25) is 0 Å². The van der Waals surface area contributed by atoms with Gasteiger partial charge in [-0.3, -0.25) is 4.79 Å². The molecule has 122 valence electrons. The Morgan fingerprint density at radius 3 is 1.79 bits per heavy atom. The van der Waals surface area contributed by atoms with Crippen LogP contribution in [0.25, 0.3) is 22.3 Å². The lowest BCUT2D eigenvalue weighted by Gasteiger charge is -2.11. The highest BCUT2D eigenvalue weighted by molar-refractivity contribution is 5.74. The molecule has 2 nitrogen and oxygen atoms in total. The summed E-state index contributed by atoms with van der Waals surface area (Å²) in [5.41, 5.74) is -0.694. The van der Waals surface area contributed by atoms with Gasteiger partial charge in [0.05, 0.1) is 5.56 Å². The van der Waals surface area contributed by atoms with E-state index < -0.39 is 28.8 Å². The molecule has 0 atom stereocenters. The average molecular weight is 333 g/mol. The third-order valence-electron chi connectivity index (χ3n) is 3.72. The summed E-state index contributed by atoms with van der Waals surface area (Å²) in [5.74, 6) is -4.42. The minimum atomic E-state index is -1.18. The van der Waals surface area contributed by atoms with Gasteiger partial charge in [0, 0.05) is 22.4 Å². The molecule has 0 aliphatic carbocycles. The number of halogens is 4. The number of aryl methyl sites for hydroxylation is 1. The summed E-state index contributed by atoms with van der Waals surface area (Å²) in [7, 11) is 0. The molecule has 0 bridgehead atoms. The predicted octanol–water partition coefficient (Wildman–Crippen LogP) is 4.57. The van der Waals surface area contributed by atoms with Gasteiger partial charge in [0.25, 0.3) is 5.56 Å². The molecular weight excluding hydrogens is 322 g/mol. The molecule has 1 heterocycles. The molecule has 24 heavy (non-hydrogen) atoms. The van der Waals surface area contributed by atoms with Crippen molar-refractivity contribution in [3.63, 3.8) is 0 Å². The molecule has 0 saturated carbocycles. The summed E-state index contributed by atoms with van der Waals surface area (Å²) >= 11 is 0. The van der Waals surface area contributed by atoms with Gasteiger partial charge >= 0.3 is 0 Å². The van der Waals surface area contributed by atoms with Crippen LogP contribution in [0.5, 0.6) is 0 Å².